The Morgan fingerprint density at radius 3 is 2.27 bits per heavy atom. The van der Waals surface area contributed by atoms with Crippen molar-refractivity contribution in [3.05, 3.63) is 29.8 Å². The normalized spacial score (nSPS) is 18.5. The van der Waals surface area contributed by atoms with E-state index >= 15 is 0 Å². The van der Waals surface area contributed by atoms with Gasteiger partial charge in [0, 0.05) is 37.6 Å². The van der Waals surface area contributed by atoms with Gasteiger partial charge in [-0.05, 0) is 42.8 Å². The largest absolute Gasteiger partial charge is 0.388 e. The second-order valence-corrected chi connectivity index (χ2v) is 7.17. The highest BCUT2D eigenvalue weighted by molar-refractivity contribution is 7.99. The lowest BCUT2D eigenvalue weighted by Gasteiger charge is -2.34. The molecular weight excluding hydrogens is 292 g/mol. The van der Waals surface area contributed by atoms with Crippen molar-refractivity contribution < 1.29 is 5.11 Å². The van der Waals surface area contributed by atoms with Crippen LogP contribution in [-0.4, -0.2) is 59.9 Å². The number of piperazine rings is 1. The molecule has 0 spiro atoms. The zero-order valence-corrected chi connectivity index (χ0v) is 14.8. The highest BCUT2D eigenvalue weighted by atomic mass is 32.2. The molecule has 4 heteroatoms. The van der Waals surface area contributed by atoms with Gasteiger partial charge in [-0.1, -0.05) is 26.0 Å². The quantitative estimate of drug-likeness (QED) is 0.743. The predicted molar refractivity (Wildman–Crippen MR) is 95.6 cm³/mol. The van der Waals surface area contributed by atoms with Crippen molar-refractivity contribution in [3.8, 4) is 0 Å². The Bertz CT molecular complexity index is 416. The van der Waals surface area contributed by atoms with Gasteiger partial charge in [0.2, 0.25) is 0 Å². The van der Waals surface area contributed by atoms with E-state index in [4.69, 9.17) is 0 Å². The second-order valence-electron chi connectivity index (χ2n) is 6.00. The summed E-state index contributed by atoms with van der Waals surface area (Å²) in [6.07, 6.45) is 1.68. The van der Waals surface area contributed by atoms with Crippen molar-refractivity contribution in [1.29, 1.82) is 0 Å². The molecule has 0 bridgehead atoms. The average Bonchev–Trinajstić information content (AvgIpc) is 2.58. The fraction of sp³-hybridized carbons (Fsp3) is 0.667. The van der Waals surface area contributed by atoms with E-state index < -0.39 is 0 Å². The van der Waals surface area contributed by atoms with E-state index in [1.165, 1.54) is 11.3 Å². The lowest BCUT2D eigenvalue weighted by Crippen LogP contribution is -2.46. The minimum Gasteiger partial charge on any atom is -0.388 e. The van der Waals surface area contributed by atoms with Crippen molar-refractivity contribution in [2.75, 3.05) is 45.0 Å². The van der Waals surface area contributed by atoms with Crippen molar-refractivity contribution in [2.24, 2.45) is 0 Å². The summed E-state index contributed by atoms with van der Waals surface area (Å²) < 4.78 is 0. The smallest absolute Gasteiger partial charge is 0.0802 e. The first-order valence-electron chi connectivity index (χ1n) is 8.58. The molecule has 22 heavy (non-hydrogen) atoms. The molecule has 3 nitrogen and oxygen atoms in total. The Kier molecular flexibility index (Phi) is 7.73. The van der Waals surface area contributed by atoms with Crippen molar-refractivity contribution in [3.63, 3.8) is 0 Å². The third-order valence-electron chi connectivity index (χ3n) is 4.37. The maximum atomic E-state index is 10.4. The summed E-state index contributed by atoms with van der Waals surface area (Å²) in [5, 5.41) is 10.4. The average molecular weight is 323 g/mol. The molecule has 124 valence electrons. The van der Waals surface area contributed by atoms with Crippen LogP contribution in [0.3, 0.4) is 0 Å². The Morgan fingerprint density at radius 1 is 1.05 bits per heavy atom. The molecule has 1 fully saturated rings. The molecule has 1 heterocycles. The highest BCUT2D eigenvalue weighted by Gasteiger charge is 2.16. The number of aliphatic hydroxyl groups excluding tert-OH is 1. The minimum absolute atomic E-state index is 0.338. The van der Waals surface area contributed by atoms with Gasteiger partial charge in [-0.15, -0.1) is 11.8 Å². The van der Waals surface area contributed by atoms with E-state index in [0.717, 1.165) is 57.0 Å². The zero-order chi connectivity index (χ0) is 15.8. The van der Waals surface area contributed by atoms with Gasteiger partial charge < -0.3 is 14.9 Å². The number of thioether (sulfide) groups is 1. The Hall–Kier alpha value is -0.550. The summed E-state index contributed by atoms with van der Waals surface area (Å²) in [6.45, 7) is 11.2. The van der Waals surface area contributed by atoms with Gasteiger partial charge in [0.1, 0.15) is 0 Å². The van der Waals surface area contributed by atoms with Crippen LogP contribution in [0.15, 0.2) is 29.2 Å². The molecule has 1 atom stereocenters. The minimum atomic E-state index is -0.338. The van der Waals surface area contributed by atoms with Gasteiger partial charge in [0.05, 0.1) is 6.10 Å². The lowest BCUT2D eigenvalue weighted by atomic mass is 10.1. The van der Waals surface area contributed by atoms with Gasteiger partial charge in [-0.25, -0.2) is 0 Å². The fourth-order valence-corrected chi connectivity index (χ4v) is 3.58. The van der Waals surface area contributed by atoms with Gasteiger partial charge in [-0.3, -0.25) is 0 Å². The van der Waals surface area contributed by atoms with Crippen LogP contribution in [0.25, 0.3) is 0 Å². The van der Waals surface area contributed by atoms with Crippen LogP contribution >= 0.6 is 11.8 Å². The molecule has 1 aliphatic rings. The summed E-state index contributed by atoms with van der Waals surface area (Å²) in [7, 11) is 0. The molecule has 0 amide bonds. The Balaban J connectivity index is 1.74. The van der Waals surface area contributed by atoms with E-state index in [2.05, 4.69) is 47.9 Å². The van der Waals surface area contributed by atoms with Crippen LogP contribution in [0.2, 0.25) is 0 Å². The predicted octanol–water partition coefficient (Wildman–Crippen LogP) is 3.25. The SMILES string of the molecule is CCCSc1ccc(C(O)CCN2CCN(CC)CC2)cc1. The molecule has 1 aliphatic heterocycles. The molecule has 0 saturated carbocycles. The van der Waals surface area contributed by atoms with Gasteiger partial charge in [0.15, 0.2) is 0 Å². The number of rotatable bonds is 8. The molecular formula is C18H30N2OS. The summed E-state index contributed by atoms with van der Waals surface area (Å²) >= 11 is 1.88. The van der Waals surface area contributed by atoms with Crippen LogP contribution in [-0.2, 0) is 0 Å². The van der Waals surface area contributed by atoms with E-state index in [1.54, 1.807) is 0 Å². The van der Waals surface area contributed by atoms with E-state index in [0.29, 0.717) is 0 Å². The lowest BCUT2D eigenvalue weighted by molar-refractivity contribution is 0.105. The van der Waals surface area contributed by atoms with E-state index in [1.807, 2.05) is 11.8 Å². The Labute approximate surface area is 139 Å². The topological polar surface area (TPSA) is 26.7 Å². The van der Waals surface area contributed by atoms with Crippen molar-refractivity contribution in [1.82, 2.24) is 9.80 Å². The van der Waals surface area contributed by atoms with Gasteiger partial charge in [0.25, 0.3) is 0 Å². The molecule has 0 radical (unpaired) electrons. The molecule has 1 saturated heterocycles. The monoisotopic (exact) mass is 322 g/mol. The number of benzene rings is 1. The zero-order valence-electron chi connectivity index (χ0n) is 14.0. The first-order valence-corrected chi connectivity index (χ1v) is 9.57. The second kappa shape index (κ2) is 9.56. The Morgan fingerprint density at radius 2 is 1.68 bits per heavy atom. The molecule has 1 N–H and O–H groups in total. The molecule has 2 rings (SSSR count). The fourth-order valence-electron chi connectivity index (χ4n) is 2.81. The van der Waals surface area contributed by atoms with Crippen LogP contribution in [0.4, 0.5) is 0 Å². The third-order valence-corrected chi connectivity index (χ3v) is 5.59. The first-order chi connectivity index (χ1) is 10.7. The van der Waals surface area contributed by atoms with Crippen LogP contribution in [0.5, 0.6) is 0 Å². The standard InChI is InChI=1S/C18H30N2OS/c1-3-15-22-17-7-5-16(6-8-17)18(21)9-10-20-13-11-19(4-2)12-14-20/h5-8,18,21H,3-4,9-15H2,1-2H3. The third kappa shape index (κ3) is 5.58. The number of hydrogen-bond donors (Lipinski definition) is 1. The highest BCUT2D eigenvalue weighted by Crippen LogP contribution is 2.23. The molecule has 1 unspecified atom stereocenters. The molecule has 1 aromatic carbocycles. The number of likely N-dealkylation sites (N-methyl/N-ethyl adjacent to an activating group) is 1. The van der Waals surface area contributed by atoms with E-state index in [9.17, 15) is 5.11 Å². The van der Waals surface area contributed by atoms with Gasteiger partial charge in [-0.2, -0.15) is 0 Å². The van der Waals surface area contributed by atoms with Crippen molar-refractivity contribution in [2.45, 2.75) is 37.7 Å². The van der Waals surface area contributed by atoms with Crippen LogP contribution < -0.4 is 0 Å². The van der Waals surface area contributed by atoms with E-state index in [-0.39, 0.29) is 6.10 Å². The summed E-state index contributed by atoms with van der Waals surface area (Å²) in [5.41, 5.74) is 1.05. The number of nitrogens with zero attached hydrogens (tertiary/aromatic N) is 2. The number of aliphatic hydroxyl groups is 1. The first kappa shape index (κ1) is 17.8. The summed E-state index contributed by atoms with van der Waals surface area (Å²) in [6, 6.07) is 8.44. The van der Waals surface area contributed by atoms with Gasteiger partial charge >= 0.3 is 0 Å². The number of hydrogen-bond acceptors (Lipinski definition) is 4. The van der Waals surface area contributed by atoms with Crippen LogP contribution in [0.1, 0.15) is 38.4 Å². The molecule has 0 aromatic heterocycles. The summed E-state index contributed by atoms with van der Waals surface area (Å²) in [5.74, 6) is 1.16. The van der Waals surface area contributed by atoms with Crippen LogP contribution in [0, 0.1) is 0 Å². The maximum absolute atomic E-state index is 10.4. The maximum Gasteiger partial charge on any atom is 0.0802 e. The molecule has 1 aromatic rings. The summed E-state index contributed by atoms with van der Waals surface area (Å²) in [4.78, 5) is 6.26. The van der Waals surface area contributed by atoms with Crippen molar-refractivity contribution >= 4 is 11.8 Å². The molecule has 0 aliphatic carbocycles.